The predicted molar refractivity (Wildman–Crippen MR) is 89.8 cm³/mol. The maximum atomic E-state index is 11.6. The first-order valence-electron chi connectivity index (χ1n) is 8.54. The highest BCUT2D eigenvalue weighted by Crippen LogP contribution is 2.28. The number of fused-ring (bicyclic) bond motifs is 1. The number of carbonyl (C=O) groups is 1. The van der Waals surface area contributed by atoms with Gasteiger partial charge in [-0.2, -0.15) is 10.1 Å². The Kier molecular flexibility index (Phi) is 3.95. The van der Waals surface area contributed by atoms with Crippen molar-refractivity contribution in [1.29, 1.82) is 0 Å². The molecule has 0 unspecified atom stereocenters. The highest BCUT2D eigenvalue weighted by atomic mass is 16.5. The van der Waals surface area contributed by atoms with Crippen LogP contribution in [0.4, 0.5) is 0 Å². The average Bonchev–Trinajstić information content (AvgIpc) is 3.18. The fourth-order valence-electron chi connectivity index (χ4n) is 2.84. The van der Waals surface area contributed by atoms with Gasteiger partial charge in [-0.3, -0.25) is 4.79 Å². The molecule has 4 rings (SSSR count). The van der Waals surface area contributed by atoms with Crippen molar-refractivity contribution in [2.75, 3.05) is 6.54 Å². The van der Waals surface area contributed by atoms with Crippen molar-refractivity contribution in [2.24, 2.45) is 5.92 Å². The second-order valence-corrected chi connectivity index (χ2v) is 6.51. The van der Waals surface area contributed by atoms with Gasteiger partial charge in [0, 0.05) is 30.3 Å². The van der Waals surface area contributed by atoms with Crippen LogP contribution in [0.2, 0.25) is 0 Å². The van der Waals surface area contributed by atoms with Gasteiger partial charge < -0.3 is 9.84 Å². The van der Waals surface area contributed by atoms with Gasteiger partial charge >= 0.3 is 0 Å². The minimum Gasteiger partial charge on any atom is -0.356 e. The number of amides is 1. The topological polar surface area (TPSA) is 98.2 Å². The summed E-state index contributed by atoms with van der Waals surface area (Å²) in [7, 11) is 0. The number of rotatable bonds is 6. The van der Waals surface area contributed by atoms with Crippen molar-refractivity contribution >= 4 is 11.6 Å². The average molecular weight is 340 g/mol. The van der Waals surface area contributed by atoms with Crippen LogP contribution in [0.3, 0.4) is 0 Å². The van der Waals surface area contributed by atoms with Gasteiger partial charge in [0.1, 0.15) is 0 Å². The van der Waals surface area contributed by atoms with E-state index >= 15 is 0 Å². The predicted octanol–water partition coefficient (Wildman–Crippen LogP) is 1.85. The van der Waals surface area contributed by atoms with Crippen LogP contribution in [-0.2, 0) is 11.2 Å². The van der Waals surface area contributed by atoms with Crippen LogP contribution in [0.25, 0.3) is 17.0 Å². The van der Waals surface area contributed by atoms with Gasteiger partial charge in [-0.25, -0.2) is 9.50 Å². The van der Waals surface area contributed by atoms with Crippen LogP contribution in [0.15, 0.2) is 16.8 Å². The molecule has 1 aliphatic rings. The summed E-state index contributed by atoms with van der Waals surface area (Å²) in [6.45, 7) is 4.56. The number of hydrogen-bond donors (Lipinski definition) is 1. The molecule has 3 heterocycles. The normalized spacial score (nSPS) is 14.2. The number of aryl methyl sites for hydroxylation is 3. The Morgan fingerprint density at radius 3 is 3.00 bits per heavy atom. The van der Waals surface area contributed by atoms with Gasteiger partial charge in [0.25, 0.3) is 0 Å². The first-order chi connectivity index (χ1) is 12.1. The minimum atomic E-state index is 0.161. The number of nitrogens with zero attached hydrogens (tertiary/aromatic N) is 5. The maximum Gasteiger partial charge on any atom is 0.227 e. The van der Waals surface area contributed by atoms with Crippen LogP contribution in [0, 0.1) is 19.8 Å². The molecular weight excluding hydrogens is 320 g/mol. The molecule has 0 atom stereocenters. The molecule has 0 bridgehead atoms. The highest BCUT2D eigenvalue weighted by Gasteiger charge is 2.29. The summed E-state index contributed by atoms with van der Waals surface area (Å²) < 4.78 is 7.10. The molecule has 0 aliphatic heterocycles. The highest BCUT2D eigenvalue weighted by molar-refractivity contribution is 5.80. The van der Waals surface area contributed by atoms with Crippen molar-refractivity contribution in [3.63, 3.8) is 0 Å². The zero-order chi connectivity index (χ0) is 17.4. The maximum absolute atomic E-state index is 11.6. The van der Waals surface area contributed by atoms with Crippen LogP contribution < -0.4 is 5.32 Å². The van der Waals surface area contributed by atoms with Gasteiger partial charge in [-0.05, 0) is 39.2 Å². The quantitative estimate of drug-likeness (QED) is 0.688. The Labute approximate surface area is 144 Å². The molecule has 0 radical (unpaired) electrons. The Morgan fingerprint density at radius 2 is 2.20 bits per heavy atom. The van der Waals surface area contributed by atoms with Crippen molar-refractivity contribution in [1.82, 2.24) is 30.1 Å². The molecule has 0 saturated heterocycles. The van der Waals surface area contributed by atoms with E-state index in [1.807, 2.05) is 19.9 Å². The van der Waals surface area contributed by atoms with Gasteiger partial charge in [0.15, 0.2) is 5.65 Å². The lowest BCUT2D eigenvalue weighted by Gasteiger charge is -2.01. The summed E-state index contributed by atoms with van der Waals surface area (Å²) >= 11 is 0. The van der Waals surface area contributed by atoms with E-state index in [0.717, 1.165) is 41.9 Å². The van der Waals surface area contributed by atoms with Crippen molar-refractivity contribution in [2.45, 2.75) is 39.5 Å². The van der Waals surface area contributed by atoms with Crippen molar-refractivity contribution < 1.29 is 9.32 Å². The Morgan fingerprint density at radius 1 is 1.36 bits per heavy atom. The number of aromatic nitrogens is 5. The molecule has 0 spiro atoms. The van der Waals surface area contributed by atoms with Gasteiger partial charge in [0.05, 0.1) is 11.8 Å². The SMILES string of the molecule is Cc1cc(C)n2ncc(-c3noc(CCCNC(=O)C4CC4)n3)c2n1. The Bertz CT molecular complexity index is 925. The molecule has 1 saturated carbocycles. The van der Waals surface area contributed by atoms with Crippen molar-refractivity contribution in [3.8, 4) is 11.4 Å². The summed E-state index contributed by atoms with van der Waals surface area (Å²) in [4.78, 5) is 20.5. The minimum absolute atomic E-state index is 0.161. The molecule has 130 valence electrons. The Hall–Kier alpha value is -2.77. The largest absolute Gasteiger partial charge is 0.356 e. The smallest absolute Gasteiger partial charge is 0.227 e. The van der Waals surface area contributed by atoms with E-state index < -0.39 is 0 Å². The van der Waals surface area contributed by atoms with Gasteiger partial charge in [-0.1, -0.05) is 5.16 Å². The van der Waals surface area contributed by atoms with Crippen LogP contribution in [-0.4, -0.2) is 37.2 Å². The molecule has 3 aromatic heterocycles. The lowest BCUT2D eigenvalue weighted by atomic mass is 10.3. The van der Waals surface area contributed by atoms with E-state index in [9.17, 15) is 4.79 Å². The van der Waals surface area contributed by atoms with Gasteiger partial charge in [-0.15, -0.1) is 0 Å². The van der Waals surface area contributed by atoms with Crippen LogP contribution in [0.5, 0.6) is 0 Å². The molecule has 3 aromatic rings. The van der Waals surface area contributed by atoms with Gasteiger partial charge in [0.2, 0.25) is 17.6 Å². The number of hydrogen-bond acceptors (Lipinski definition) is 6. The first kappa shape index (κ1) is 15.7. The summed E-state index contributed by atoms with van der Waals surface area (Å²) in [6.07, 6.45) is 5.14. The molecule has 1 aliphatic carbocycles. The third-order valence-electron chi connectivity index (χ3n) is 4.30. The van der Waals surface area contributed by atoms with E-state index in [1.165, 1.54) is 0 Å². The second-order valence-electron chi connectivity index (χ2n) is 6.51. The summed E-state index contributed by atoms with van der Waals surface area (Å²) in [5.74, 6) is 1.45. The fourth-order valence-corrected chi connectivity index (χ4v) is 2.84. The molecule has 8 nitrogen and oxygen atoms in total. The fraction of sp³-hybridized carbons (Fsp3) is 0.471. The van der Waals surface area contributed by atoms with E-state index in [-0.39, 0.29) is 11.8 Å². The second kappa shape index (κ2) is 6.27. The lowest BCUT2D eigenvalue weighted by molar-refractivity contribution is -0.122. The molecule has 8 heteroatoms. The summed E-state index contributed by atoms with van der Waals surface area (Å²) in [5.41, 5.74) is 3.40. The summed E-state index contributed by atoms with van der Waals surface area (Å²) in [5, 5.41) is 11.3. The monoisotopic (exact) mass is 340 g/mol. The van der Waals surface area contributed by atoms with Crippen LogP contribution in [0.1, 0.15) is 36.5 Å². The molecule has 0 aromatic carbocycles. The third kappa shape index (κ3) is 3.24. The zero-order valence-corrected chi connectivity index (χ0v) is 14.3. The standard InChI is InChI=1S/C17H20N6O2/c1-10-8-11(2)23-16(20-10)13(9-19-23)15-21-14(25-22-15)4-3-7-18-17(24)12-5-6-12/h8-9,12H,3-7H2,1-2H3,(H,18,24). The van der Waals surface area contributed by atoms with Crippen molar-refractivity contribution in [3.05, 3.63) is 29.5 Å². The van der Waals surface area contributed by atoms with E-state index in [4.69, 9.17) is 4.52 Å². The van der Waals surface area contributed by atoms with E-state index in [0.29, 0.717) is 24.7 Å². The molecule has 1 fully saturated rings. The lowest BCUT2D eigenvalue weighted by Crippen LogP contribution is -2.26. The number of nitrogens with one attached hydrogen (secondary N) is 1. The molecule has 1 N–H and O–H groups in total. The number of carbonyl (C=O) groups excluding carboxylic acids is 1. The first-order valence-corrected chi connectivity index (χ1v) is 8.54. The summed E-state index contributed by atoms with van der Waals surface area (Å²) in [6, 6.07) is 1.97. The zero-order valence-electron chi connectivity index (χ0n) is 14.3. The molecule has 25 heavy (non-hydrogen) atoms. The Balaban J connectivity index is 1.43. The van der Waals surface area contributed by atoms with E-state index in [2.05, 4.69) is 25.5 Å². The van der Waals surface area contributed by atoms with Crippen LogP contribution >= 0.6 is 0 Å². The third-order valence-corrected chi connectivity index (χ3v) is 4.30. The molecular formula is C17H20N6O2. The van der Waals surface area contributed by atoms with E-state index in [1.54, 1.807) is 10.7 Å². The molecule has 1 amide bonds.